The topological polar surface area (TPSA) is 113 Å². The SMILES string of the molecule is Cc1ccc2c(n1)oc1c(-c3nc4ccccc4n3-c3c(C(C)C)cc(-c4ccccc4)cc3C(C)C)[c-]cc(C)c12.[2H]C([2H])([2H])c1cc(C)c2c(n1)oc1c(-c3nc4ccccc4n3-c3c(C(C)C)cc(-c4ccccc4)cc3C(C)C)[c-]ccc12.[2H]C([2H])([2H])c1nc(-c2[c-]cccc2)cc(C)[c]1[Ge]([CH3])([CH3])[CH3].[2H]c1[c-]c(-c2cc[c]([Ge]([CH3])([CH3])[CH3])cn2)cc([2H])c1[2H].[Ir].[Ir]. The zero-order valence-electron chi connectivity index (χ0n) is 80.2. The predicted octanol–water partition coefficient (Wildman–Crippen LogP) is 27.4. The molecule has 0 saturated heterocycles. The molecule has 0 amide bonds. The summed E-state index contributed by atoms with van der Waals surface area (Å²) in [6, 6.07) is 86.7. The summed E-state index contributed by atoms with van der Waals surface area (Å²) in [5.74, 6) is 16.1. The monoisotopic (exact) mass is 2060 g/mol. The summed E-state index contributed by atoms with van der Waals surface area (Å²) < 4.78 is 89.9. The van der Waals surface area contributed by atoms with Crippen LogP contribution in [0.5, 0.6) is 0 Å². The Balaban J connectivity index is 0.000000156. The maximum atomic E-state index is 7.93. The van der Waals surface area contributed by atoms with Gasteiger partial charge in [0.05, 0.1) is 44.9 Å². The maximum Gasteiger partial charge on any atom is 0 e. The van der Waals surface area contributed by atoms with Crippen LogP contribution in [0, 0.1) is 65.7 Å². The standard InChI is InChI=1S/2C38H34N3O.C16H20GeN.C14H16GeN.2Ir/c1-22(2)30-20-27(26-13-8-7-9-14-26)21-31(23(3)4)35(30)41-33-18-11-10-17-32(33)40-37(41)29-16-12-15-28-34-24(5)19-25(6)39-38(34)42-36(28)29;1-22(2)30-20-27(26-12-8-7-9-13-26)21-31(23(3)4)35(30)41-33-15-11-10-14-32(33)40-37(41)29-18-16-24(5)34-28-19-17-25(6)39-38(28)42-36(29)34;1-12-11-15(14-9-7-6-8-10-14)18-13(2)16(12)17(3,4)5;1-15(2,3)13-9-10-14(16-11-13)12-7-5-4-6-8-12;;/h7-15,17-23H,1-6H3;7-17,19-23H,1-6H3;6-9,11H,1-5H3;4-7,9-11H,1-3H3;;/q4*-1;;/i6D3;;2D3;4D,5D,6D;;. The molecule has 8 aromatic heterocycles. The van der Waals surface area contributed by atoms with Crippen LogP contribution in [-0.4, -0.2) is 65.6 Å². The summed E-state index contributed by atoms with van der Waals surface area (Å²) >= 11 is -4.18. The Bertz CT molecular complexity index is 7090. The van der Waals surface area contributed by atoms with Gasteiger partial charge in [-0.25, -0.2) is 9.97 Å². The summed E-state index contributed by atoms with van der Waals surface area (Å²) in [6.45, 7) is 21.5. The van der Waals surface area contributed by atoms with Gasteiger partial charge in [0.2, 0.25) is 11.4 Å². The molecule has 0 atom stereocenters. The third-order valence-electron chi connectivity index (χ3n) is 21.8. The Morgan fingerprint density at radius 1 is 0.417 bits per heavy atom. The first kappa shape index (κ1) is 75.9. The van der Waals surface area contributed by atoms with Gasteiger partial charge in [-0.3, -0.25) is 9.97 Å². The third kappa shape index (κ3) is 17.9. The van der Waals surface area contributed by atoms with Crippen molar-refractivity contribution in [1.29, 1.82) is 0 Å². The van der Waals surface area contributed by atoms with Crippen LogP contribution in [0.1, 0.15) is 147 Å². The third-order valence-corrected chi connectivity index (χ3v) is 30.5. The van der Waals surface area contributed by atoms with Crippen molar-refractivity contribution in [3.63, 3.8) is 0 Å². The molecule has 0 aliphatic heterocycles. The number of aromatic nitrogens is 8. The quantitative estimate of drug-likeness (QED) is 0.0781. The van der Waals surface area contributed by atoms with Crippen molar-refractivity contribution < 1.29 is 61.4 Å². The van der Waals surface area contributed by atoms with E-state index < -0.39 is 40.2 Å². The van der Waals surface area contributed by atoms with Gasteiger partial charge < -0.3 is 18.0 Å². The first-order valence-corrected chi connectivity index (χ1v) is 55.3. The summed E-state index contributed by atoms with van der Waals surface area (Å²) in [4.78, 5) is 28.5. The minimum atomic E-state index is -2.34. The van der Waals surface area contributed by atoms with E-state index in [0.29, 0.717) is 45.3 Å². The van der Waals surface area contributed by atoms with Crippen LogP contribution >= 0.6 is 0 Å². The second-order valence-electron chi connectivity index (χ2n) is 33.9. The molecule has 14 heteroatoms. The molecule has 0 fully saturated rings. The van der Waals surface area contributed by atoms with E-state index in [2.05, 4.69) is 273 Å². The van der Waals surface area contributed by atoms with E-state index in [1.807, 2.05) is 106 Å². The number of furan rings is 2. The van der Waals surface area contributed by atoms with Gasteiger partial charge in [-0.1, -0.05) is 169 Å². The van der Waals surface area contributed by atoms with E-state index in [0.717, 1.165) is 98.6 Å². The summed E-state index contributed by atoms with van der Waals surface area (Å²) in [6.07, 6.45) is 1.89. The molecule has 0 saturated carbocycles. The molecule has 8 heterocycles. The Labute approximate surface area is 752 Å². The molecule has 2 radical (unpaired) electrons. The van der Waals surface area contributed by atoms with Crippen molar-refractivity contribution in [2.45, 2.75) is 155 Å². The number of nitrogens with zero attached hydrogens (tertiary/aromatic N) is 8. The normalized spacial score (nSPS) is 13.0. The van der Waals surface area contributed by atoms with Gasteiger partial charge in [0, 0.05) is 77.9 Å². The van der Waals surface area contributed by atoms with Crippen molar-refractivity contribution in [2.75, 3.05) is 0 Å². The molecule has 0 N–H and O–H groups in total. The van der Waals surface area contributed by atoms with Gasteiger partial charge in [0.15, 0.2) is 0 Å². The number of pyridine rings is 4. The number of hydrogen-bond donors (Lipinski definition) is 0. The van der Waals surface area contributed by atoms with E-state index >= 15 is 0 Å². The average Bonchev–Trinajstić information content (AvgIpc) is 1.58. The van der Waals surface area contributed by atoms with Crippen molar-refractivity contribution in [3.05, 3.63) is 323 Å². The van der Waals surface area contributed by atoms with E-state index in [9.17, 15) is 0 Å². The molecular formula is C106H104Ge2Ir2N8O2-4. The number of imidazole rings is 2. The molecule has 18 rings (SSSR count). The maximum absolute atomic E-state index is 7.93. The smallest absolute Gasteiger partial charge is 0 e. The molecule has 18 aromatic rings. The van der Waals surface area contributed by atoms with Gasteiger partial charge >= 0.3 is 221 Å². The zero-order valence-corrected chi connectivity index (χ0v) is 80.2. The van der Waals surface area contributed by atoms with Gasteiger partial charge in [0.25, 0.3) is 0 Å². The van der Waals surface area contributed by atoms with Gasteiger partial charge in [-0.15, -0.1) is 35.9 Å². The van der Waals surface area contributed by atoms with E-state index in [4.69, 9.17) is 36.1 Å². The predicted molar refractivity (Wildman–Crippen MR) is 499 cm³/mol. The Morgan fingerprint density at radius 3 is 1.48 bits per heavy atom. The molecular weight excluding hydrogens is 1950 g/mol. The molecule has 10 aromatic carbocycles. The van der Waals surface area contributed by atoms with Crippen LogP contribution in [0.4, 0.5) is 0 Å². The van der Waals surface area contributed by atoms with Crippen LogP contribution in [0.25, 0.3) is 145 Å². The Kier molecular flexibility index (Phi) is 23.1. The molecule has 120 heavy (non-hydrogen) atoms. The van der Waals surface area contributed by atoms with E-state index in [1.54, 1.807) is 12.1 Å². The van der Waals surface area contributed by atoms with Gasteiger partial charge in [0.1, 0.15) is 0 Å². The summed E-state index contributed by atoms with van der Waals surface area (Å²) in [5, 5.41) is 3.74. The van der Waals surface area contributed by atoms with Crippen LogP contribution in [0.15, 0.2) is 252 Å². The fourth-order valence-corrected chi connectivity index (χ4v) is 22.4. The van der Waals surface area contributed by atoms with Gasteiger partial charge in [-0.05, 0) is 161 Å². The minimum Gasteiger partial charge on any atom is 0 e. The van der Waals surface area contributed by atoms with Crippen LogP contribution in [0.3, 0.4) is 0 Å². The van der Waals surface area contributed by atoms with Crippen molar-refractivity contribution >= 4 is 102 Å². The second kappa shape index (κ2) is 36.6. The number of hydrogen-bond acceptors (Lipinski definition) is 8. The Hall–Kier alpha value is -10.3. The second-order valence-corrected chi connectivity index (χ2v) is 55.0. The van der Waals surface area contributed by atoms with Crippen molar-refractivity contribution in [3.8, 4) is 78.9 Å². The Morgan fingerprint density at radius 2 is 0.958 bits per heavy atom. The van der Waals surface area contributed by atoms with Crippen molar-refractivity contribution in [1.82, 2.24) is 39.0 Å². The molecule has 0 bridgehead atoms. The van der Waals surface area contributed by atoms with Crippen molar-refractivity contribution in [2.24, 2.45) is 0 Å². The first-order chi connectivity index (χ1) is 60.2. The summed E-state index contributed by atoms with van der Waals surface area (Å²) in [7, 11) is 0. The number of benzene rings is 10. The van der Waals surface area contributed by atoms with Gasteiger partial charge in [-0.2, -0.15) is 0 Å². The largest absolute Gasteiger partial charge is 0 e. The molecule has 0 aliphatic rings. The molecule has 0 spiro atoms. The fourth-order valence-electron chi connectivity index (χ4n) is 16.0. The molecule has 0 unspecified atom stereocenters. The average molecular weight is 2060 g/mol. The summed E-state index contributed by atoms with van der Waals surface area (Å²) in [5.41, 5.74) is 26.9. The van der Waals surface area contributed by atoms with Crippen LogP contribution < -0.4 is 8.79 Å². The van der Waals surface area contributed by atoms with Crippen LogP contribution in [0.2, 0.25) is 34.5 Å². The minimum absolute atomic E-state index is 0. The van der Waals surface area contributed by atoms with Crippen LogP contribution in [-0.2, 0) is 40.2 Å². The number of rotatable bonds is 14. The van der Waals surface area contributed by atoms with E-state index in [-0.39, 0.29) is 93.4 Å². The van der Waals surface area contributed by atoms with E-state index in [1.165, 1.54) is 54.6 Å². The number of para-hydroxylation sites is 4. The fraction of sp³-hybridized carbons (Fsp3) is 0.226. The molecule has 10 nitrogen and oxygen atoms in total. The molecule has 610 valence electrons. The zero-order chi connectivity index (χ0) is 90.8. The molecule has 0 aliphatic carbocycles. The number of aryl methyl sites for hydroxylation is 6. The number of fused-ring (bicyclic) bond motifs is 8. The first-order valence-electron chi connectivity index (χ1n) is 45.1.